The zero-order valence-corrected chi connectivity index (χ0v) is 9.57. The Morgan fingerprint density at radius 2 is 2.00 bits per heavy atom. The first-order valence-corrected chi connectivity index (χ1v) is 4.83. The molecule has 0 radical (unpaired) electrons. The van der Waals surface area contributed by atoms with Crippen LogP contribution in [0, 0.1) is 3.70 Å². The number of hydrogen-bond donors (Lipinski definition) is 0. The minimum atomic E-state index is 0.862. The van der Waals surface area contributed by atoms with Crippen LogP contribution in [0.3, 0.4) is 0 Å². The van der Waals surface area contributed by atoms with Gasteiger partial charge in [0.2, 0.25) is 0 Å². The van der Waals surface area contributed by atoms with E-state index in [1.165, 1.54) is 0 Å². The molecular formula is C5H2Br2IN. The fraction of sp³-hybridized carbons (Fsp3) is 0. The molecule has 0 aliphatic heterocycles. The number of hydrogen-bond acceptors (Lipinski definition) is 1. The Kier molecular flexibility index (Phi) is 2.91. The average Bonchev–Trinajstić information content (AvgIpc) is 1.59. The van der Waals surface area contributed by atoms with Gasteiger partial charge in [0.1, 0.15) is 8.30 Å². The highest BCUT2D eigenvalue weighted by Crippen LogP contribution is 2.17. The van der Waals surface area contributed by atoms with Gasteiger partial charge in [-0.05, 0) is 50.7 Å². The summed E-state index contributed by atoms with van der Waals surface area (Å²) in [7, 11) is 0. The van der Waals surface area contributed by atoms with E-state index in [9.17, 15) is 0 Å². The molecule has 1 aromatic heterocycles. The molecule has 0 spiro atoms. The topological polar surface area (TPSA) is 12.9 Å². The van der Waals surface area contributed by atoms with Crippen molar-refractivity contribution in [3.05, 3.63) is 24.9 Å². The fourth-order valence-electron chi connectivity index (χ4n) is 0.436. The number of pyridine rings is 1. The third-order valence-corrected chi connectivity index (χ3v) is 2.14. The Balaban J connectivity index is 3.17. The van der Waals surface area contributed by atoms with Crippen LogP contribution in [0.15, 0.2) is 21.2 Å². The molecule has 0 amide bonds. The van der Waals surface area contributed by atoms with E-state index in [2.05, 4.69) is 59.4 Å². The Bertz CT molecular complexity index is 176. The van der Waals surface area contributed by atoms with Crippen molar-refractivity contribution in [2.75, 3.05) is 0 Å². The molecule has 0 saturated heterocycles. The van der Waals surface area contributed by atoms with Crippen molar-refractivity contribution in [1.29, 1.82) is 0 Å². The number of halogens is 3. The van der Waals surface area contributed by atoms with Gasteiger partial charge in [0.25, 0.3) is 0 Å². The van der Waals surface area contributed by atoms with Crippen molar-refractivity contribution in [3.8, 4) is 0 Å². The molecule has 1 heterocycles. The summed E-state index contributed by atoms with van der Waals surface area (Å²) in [6.45, 7) is 0. The second-order valence-electron chi connectivity index (χ2n) is 1.43. The van der Waals surface area contributed by atoms with Crippen molar-refractivity contribution in [2.45, 2.75) is 0 Å². The summed E-state index contributed by atoms with van der Waals surface area (Å²) in [4.78, 5) is 4.11. The lowest BCUT2D eigenvalue weighted by Crippen LogP contribution is -1.79. The van der Waals surface area contributed by atoms with Crippen molar-refractivity contribution in [3.63, 3.8) is 0 Å². The summed E-state index contributed by atoms with van der Waals surface area (Å²) < 4.78 is 2.89. The molecule has 0 atom stereocenters. The molecule has 1 aromatic rings. The van der Waals surface area contributed by atoms with Crippen molar-refractivity contribution >= 4 is 54.5 Å². The quantitative estimate of drug-likeness (QED) is 0.510. The Morgan fingerprint density at radius 3 is 2.44 bits per heavy atom. The molecule has 4 heteroatoms. The normalized spacial score (nSPS) is 9.67. The predicted octanol–water partition coefficient (Wildman–Crippen LogP) is 3.21. The molecule has 48 valence electrons. The first-order chi connectivity index (χ1) is 4.18. The summed E-state index contributed by atoms with van der Waals surface area (Å²) in [5.74, 6) is 0. The third kappa shape index (κ3) is 2.51. The minimum absolute atomic E-state index is 0.862. The Labute approximate surface area is 83.6 Å². The van der Waals surface area contributed by atoms with Gasteiger partial charge < -0.3 is 0 Å². The van der Waals surface area contributed by atoms with Gasteiger partial charge in [-0.25, -0.2) is 4.98 Å². The van der Waals surface area contributed by atoms with Gasteiger partial charge in [-0.15, -0.1) is 0 Å². The van der Waals surface area contributed by atoms with Gasteiger partial charge in [0, 0.05) is 4.47 Å². The first-order valence-electron chi connectivity index (χ1n) is 2.17. The molecule has 0 aliphatic rings. The molecule has 0 unspecified atom stereocenters. The summed E-state index contributed by atoms with van der Waals surface area (Å²) in [6, 6.07) is 3.85. The SMILES string of the molecule is Brc1cc(Br)nc(I)c1. The second-order valence-corrected chi connectivity index (χ2v) is 4.26. The Hall–Kier alpha value is 0.840. The van der Waals surface area contributed by atoms with Gasteiger partial charge in [-0.1, -0.05) is 15.9 Å². The number of rotatable bonds is 0. The van der Waals surface area contributed by atoms with E-state index in [0.717, 1.165) is 12.8 Å². The van der Waals surface area contributed by atoms with E-state index in [1.54, 1.807) is 0 Å². The lowest BCUT2D eigenvalue weighted by Gasteiger charge is -1.92. The van der Waals surface area contributed by atoms with Gasteiger partial charge >= 0.3 is 0 Å². The molecule has 1 nitrogen and oxygen atoms in total. The van der Waals surface area contributed by atoms with Crippen LogP contribution in [0.5, 0.6) is 0 Å². The molecule has 0 aromatic carbocycles. The molecule has 9 heavy (non-hydrogen) atoms. The zero-order chi connectivity index (χ0) is 6.85. The highest BCUT2D eigenvalue weighted by atomic mass is 127. The standard InChI is InChI=1S/C5H2Br2IN/c6-3-1-4(7)9-5(8)2-3/h1-2H. The summed E-state index contributed by atoms with van der Waals surface area (Å²) >= 11 is 8.77. The van der Waals surface area contributed by atoms with Gasteiger partial charge in [0.05, 0.1) is 0 Å². The van der Waals surface area contributed by atoms with Gasteiger partial charge in [-0.2, -0.15) is 0 Å². The van der Waals surface area contributed by atoms with E-state index >= 15 is 0 Å². The smallest absolute Gasteiger partial charge is 0.108 e. The Morgan fingerprint density at radius 1 is 1.33 bits per heavy atom. The van der Waals surface area contributed by atoms with Crippen LogP contribution in [0.2, 0.25) is 0 Å². The molecule has 0 bridgehead atoms. The predicted molar refractivity (Wildman–Crippen MR) is 52.4 cm³/mol. The zero-order valence-electron chi connectivity index (χ0n) is 4.24. The molecular weight excluding hydrogens is 361 g/mol. The molecule has 1 rings (SSSR count). The van der Waals surface area contributed by atoms with E-state index in [4.69, 9.17) is 0 Å². The summed E-state index contributed by atoms with van der Waals surface area (Å²) in [6.07, 6.45) is 0. The average molecular weight is 363 g/mol. The molecule has 0 aliphatic carbocycles. The van der Waals surface area contributed by atoms with Crippen LogP contribution in [-0.2, 0) is 0 Å². The van der Waals surface area contributed by atoms with E-state index in [-0.39, 0.29) is 0 Å². The van der Waals surface area contributed by atoms with Gasteiger partial charge in [0.15, 0.2) is 0 Å². The van der Waals surface area contributed by atoms with Crippen LogP contribution in [0.1, 0.15) is 0 Å². The van der Waals surface area contributed by atoms with Crippen LogP contribution < -0.4 is 0 Å². The first kappa shape index (κ1) is 7.94. The maximum Gasteiger partial charge on any atom is 0.108 e. The van der Waals surface area contributed by atoms with Crippen LogP contribution in [0.25, 0.3) is 0 Å². The summed E-state index contributed by atoms with van der Waals surface area (Å²) in [5.41, 5.74) is 0. The largest absolute Gasteiger partial charge is 0.235 e. The van der Waals surface area contributed by atoms with Crippen LogP contribution >= 0.6 is 54.5 Å². The van der Waals surface area contributed by atoms with Gasteiger partial charge in [-0.3, -0.25) is 0 Å². The van der Waals surface area contributed by atoms with E-state index in [1.807, 2.05) is 12.1 Å². The lowest BCUT2D eigenvalue weighted by molar-refractivity contribution is 1.22. The van der Waals surface area contributed by atoms with Crippen LogP contribution in [-0.4, -0.2) is 4.98 Å². The third-order valence-electron chi connectivity index (χ3n) is 0.728. The monoisotopic (exact) mass is 361 g/mol. The lowest BCUT2D eigenvalue weighted by atomic mass is 10.5. The molecule has 0 N–H and O–H groups in total. The molecule has 0 fully saturated rings. The van der Waals surface area contributed by atoms with E-state index in [0.29, 0.717) is 0 Å². The van der Waals surface area contributed by atoms with Crippen LogP contribution in [0.4, 0.5) is 0 Å². The highest BCUT2D eigenvalue weighted by Gasteiger charge is 1.93. The number of aromatic nitrogens is 1. The number of nitrogens with zero attached hydrogens (tertiary/aromatic N) is 1. The van der Waals surface area contributed by atoms with Crippen molar-refractivity contribution in [2.24, 2.45) is 0 Å². The van der Waals surface area contributed by atoms with E-state index < -0.39 is 0 Å². The molecule has 0 saturated carbocycles. The summed E-state index contributed by atoms with van der Waals surface area (Å²) in [5, 5.41) is 0. The fourth-order valence-corrected chi connectivity index (χ4v) is 2.97. The van der Waals surface area contributed by atoms with Crippen molar-refractivity contribution in [1.82, 2.24) is 4.98 Å². The highest BCUT2D eigenvalue weighted by molar-refractivity contribution is 14.1. The minimum Gasteiger partial charge on any atom is -0.235 e. The second kappa shape index (κ2) is 3.30. The maximum absolute atomic E-state index is 4.11. The maximum atomic E-state index is 4.11. The van der Waals surface area contributed by atoms with Crippen molar-refractivity contribution < 1.29 is 0 Å².